The monoisotopic (exact) mass is 547 g/mol. The fourth-order valence-corrected chi connectivity index (χ4v) is 6.44. The fourth-order valence-electron chi connectivity index (χ4n) is 6.17. The minimum Gasteiger partial charge on any atom is -0.507 e. The Morgan fingerprint density at radius 2 is 1.74 bits per heavy atom. The van der Waals surface area contributed by atoms with E-state index >= 15 is 0 Å². The second-order valence-corrected chi connectivity index (χ2v) is 11.3. The molecule has 4 heterocycles. The highest BCUT2D eigenvalue weighted by molar-refractivity contribution is 6.32. The lowest BCUT2D eigenvalue weighted by atomic mass is 9.82. The van der Waals surface area contributed by atoms with Crippen molar-refractivity contribution in [3.05, 3.63) is 82.4 Å². The van der Waals surface area contributed by atoms with Gasteiger partial charge in [0, 0.05) is 68.0 Å². The Labute approximate surface area is 231 Å². The number of aromatic hydroxyl groups is 1. The molecule has 1 N–H and O–H groups in total. The summed E-state index contributed by atoms with van der Waals surface area (Å²) in [5.74, 6) is 0.306. The molecular formula is C30H31ClFN5O2. The highest BCUT2D eigenvalue weighted by atomic mass is 35.5. The third-order valence-corrected chi connectivity index (χ3v) is 8.61. The van der Waals surface area contributed by atoms with Gasteiger partial charge in [0.1, 0.15) is 17.4 Å². The van der Waals surface area contributed by atoms with Crippen molar-refractivity contribution in [3.63, 3.8) is 0 Å². The van der Waals surface area contributed by atoms with Crippen LogP contribution in [0.4, 0.5) is 10.2 Å². The molecule has 6 rings (SSSR count). The quantitative estimate of drug-likeness (QED) is 0.359. The molecule has 2 aliphatic rings. The number of benzene rings is 2. The van der Waals surface area contributed by atoms with Crippen molar-refractivity contribution in [2.24, 2.45) is 7.05 Å². The first-order valence-corrected chi connectivity index (χ1v) is 13.6. The summed E-state index contributed by atoms with van der Waals surface area (Å²) in [6, 6.07) is 11.9. The Morgan fingerprint density at radius 1 is 1.03 bits per heavy atom. The summed E-state index contributed by atoms with van der Waals surface area (Å²) in [4.78, 5) is 21.9. The lowest BCUT2D eigenvalue weighted by molar-refractivity contribution is -0.0238. The van der Waals surface area contributed by atoms with E-state index in [1.807, 2.05) is 6.07 Å². The van der Waals surface area contributed by atoms with E-state index in [2.05, 4.69) is 28.6 Å². The molecule has 2 aliphatic heterocycles. The molecular weight excluding hydrogens is 517 g/mol. The van der Waals surface area contributed by atoms with Gasteiger partial charge in [-0.2, -0.15) is 0 Å². The van der Waals surface area contributed by atoms with Gasteiger partial charge in [-0.25, -0.2) is 14.2 Å². The number of halogens is 2. The Morgan fingerprint density at radius 3 is 2.36 bits per heavy atom. The molecule has 1 unspecified atom stereocenters. The molecule has 0 bridgehead atoms. The first-order chi connectivity index (χ1) is 18.7. The van der Waals surface area contributed by atoms with Gasteiger partial charge in [-0.05, 0) is 74.2 Å². The Bertz CT molecular complexity index is 1630. The SMILES string of the molecule is CC(C)N1CCC12CCN(c1cc(-c3cc(F)cc(-c4ccc(-n5ccn(C)c5=O)c(Cl)c4)c3O)ccn1)C2. The van der Waals surface area contributed by atoms with Gasteiger partial charge in [-0.1, -0.05) is 17.7 Å². The van der Waals surface area contributed by atoms with Crippen molar-refractivity contribution in [3.8, 4) is 33.7 Å². The van der Waals surface area contributed by atoms with Gasteiger partial charge < -0.3 is 14.6 Å². The number of hydrogen-bond donors (Lipinski definition) is 1. The van der Waals surface area contributed by atoms with E-state index < -0.39 is 5.82 Å². The zero-order valence-corrected chi connectivity index (χ0v) is 23.0. The molecule has 2 fully saturated rings. The van der Waals surface area contributed by atoms with Crippen molar-refractivity contribution in [2.75, 3.05) is 24.5 Å². The number of imidazole rings is 1. The van der Waals surface area contributed by atoms with Crippen LogP contribution in [-0.4, -0.2) is 55.3 Å². The first-order valence-electron chi connectivity index (χ1n) is 13.2. The predicted molar refractivity (Wildman–Crippen MR) is 152 cm³/mol. The molecule has 1 spiro atoms. The zero-order chi connectivity index (χ0) is 27.5. The van der Waals surface area contributed by atoms with Crippen LogP contribution in [0.1, 0.15) is 26.7 Å². The third-order valence-electron chi connectivity index (χ3n) is 8.30. The number of aryl methyl sites for hydroxylation is 1. The summed E-state index contributed by atoms with van der Waals surface area (Å²) in [6.07, 6.45) is 7.28. The normalized spacial score (nSPS) is 19.3. The van der Waals surface area contributed by atoms with Crippen molar-refractivity contribution in [1.82, 2.24) is 19.0 Å². The zero-order valence-electron chi connectivity index (χ0n) is 22.2. The topological polar surface area (TPSA) is 66.5 Å². The van der Waals surface area contributed by atoms with Gasteiger partial charge in [-0.15, -0.1) is 0 Å². The number of rotatable bonds is 5. The minimum atomic E-state index is -0.474. The number of likely N-dealkylation sites (tertiary alicyclic amines) is 1. The van der Waals surface area contributed by atoms with Crippen LogP contribution in [0.5, 0.6) is 5.75 Å². The maximum absolute atomic E-state index is 14.9. The molecule has 0 aliphatic carbocycles. The summed E-state index contributed by atoms with van der Waals surface area (Å²) in [5, 5.41) is 11.6. The van der Waals surface area contributed by atoms with E-state index in [0.29, 0.717) is 39.0 Å². The lowest BCUT2D eigenvalue weighted by Crippen LogP contribution is -2.63. The highest BCUT2D eigenvalue weighted by Gasteiger charge is 2.50. The maximum Gasteiger partial charge on any atom is 0.332 e. The smallest absolute Gasteiger partial charge is 0.332 e. The van der Waals surface area contributed by atoms with Gasteiger partial charge in [0.15, 0.2) is 0 Å². The van der Waals surface area contributed by atoms with Crippen LogP contribution in [-0.2, 0) is 7.05 Å². The second-order valence-electron chi connectivity index (χ2n) is 10.9. The van der Waals surface area contributed by atoms with Gasteiger partial charge in [0.05, 0.1) is 10.7 Å². The van der Waals surface area contributed by atoms with Crippen molar-refractivity contribution in [1.29, 1.82) is 0 Å². The molecule has 202 valence electrons. The largest absolute Gasteiger partial charge is 0.507 e. The number of phenolic OH excluding ortho intramolecular Hbond substituents is 1. The Hall–Kier alpha value is -3.62. The molecule has 7 nitrogen and oxygen atoms in total. The average Bonchev–Trinajstić information content (AvgIpc) is 3.50. The van der Waals surface area contributed by atoms with Gasteiger partial charge >= 0.3 is 5.69 Å². The van der Waals surface area contributed by atoms with Crippen LogP contribution in [0.2, 0.25) is 5.02 Å². The third kappa shape index (κ3) is 4.32. The summed E-state index contributed by atoms with van der Waals surface area (Å²) >= 11 is 6.55. The van der Waals surface area contributed by atoms with Crippen LogP contribution in [0.25, 0.3) is 27.9 Å². The summed E-state index contributed by atoms with van der Waals surface area (Å²) in [7, 11) is 1.66. The van der Waals surface area contributed by atoms with E-state index in [9.17, 15) is 14.3 Å². The van der Waals surface area contributed by atoms with E-state index in [1.165, 1.54) is 27.7 Å². The lowest BCUT2D eigenvalue weighted by Gasteiger charge is -2.53. The van der Waals surface area contributed by atoms with Crippen LogP contribution < -0.4 is 10.6 Å². The number of phenols is 1. The van der Waals surface area contributed by atoms with Gasteiger partial charge in [0.25, 0.3) is 0 Å². The van der Waals surface area contributed by atoms with Crippen LogP contribution in [0.3, 0.4) is 0 Å². The van der Waals surface area contributed by atoms with Crippen LogP contribution in [0, 0.1) is 5.82 Å². The molecule has 2 aromatic heterocycles. The minimum absolute atomic E-state index is 0.0443. The van der Waals surface area contributed by atoms with Crippen molar-refractivity contribution in [2.45, 2.75) is 38.3 Å². The molecule has 4 aromatic rings. The Balaban J connectivity index is 1.33. The number of aromatic nitrogens is 3. The molecule has 0 saturated carbocycles. The number of anilines is 1. The van der Waals surface area contributed by atoms with Crippen LogP contribution in [0.15, 0.2) is 65.8 Å². The van der Waals surface area contributed by atoms with Gasteiger partial charge in [0.2, 0.25) is 0 Å². The fraction of sp³-hybridized carbons (Fsp3) is 0.333. The second kappa shape index (κ2) is 9.54. The molecule has 9 heteroatoms. The van der Waals surface area contributed by atoms with E-state index in [0.717, 1.165) is 31.9 Å². The van der Waals surface area contributed by atoms with E-state index in [1.54, 1.807) is 49.9 Å². The average molecular weight is 548 g/mol. The van der Waals surface area contributed by atoms with E-state index in [4.69, 9.17) is 11.6 Å². The first kappa shape index (κ1) is 25.6. The van der Waals surface area contributed by atoms with E-state index in [-0.39, 0.29) is 17.0 Å². The van der Waals surface area contributed by atoms with Crippen molar-refractivity contribution < 1.29 is 9.50 Å². The number of nitrogens with zero attached hydrogens (tertiary/aromatic N) is 5. The summed E-state index contributed by atoms with van der Waals surface area (Å²) in [5.41, 5.74) is 2.41. The summed E-state index contributed by atoms with van der Waals surface area (Å²) < 4.78 is 17.8. The van der Waals surface area contributed by atoms with Crippen molar-refractivity contribution >= 4 is 17.4 Å². The molecule has 0 amide bonds. The Kier molecular flexibility index (Phi) is 6.27. The molecule has 0 radical (unpaired) electrons. The number of pyridine rings is 1. The van der Waals surface area contributed by atoms with Gasteiger partial charge in [-0.3, -0.25) is 9.47 Å². The molecule has 39 heavy (non-hydrogen) atoms. The summed E-state index contributed by atoms with van der Waals surface area (Å²) in [6.45, 7) is 7.45. The molecule has 2 saturated heterocycles. The van der Waals surface area contributed by atoms with Crippen LogP contribution >= 0.6 is 11.6 Å². The standard InChI is InChI=1S/C30H31ClFN5O2/c1-19(2)37-11-8-30(37)7-10-35(18-30)27-15-21(6-9-33-27)24-17-22(32)16-23(28(24)38)20-4-5-26(25(31)14-20)36-13-12-34(3)29(36)39/h4-6,9,12-17,19,38H,7-8,10-11,18H2,1-3H3. The molecule has 2 aromatic carbocycles. The predicted octanol–water partition coefficient (Wildman–Crippen LogP) is 5.47. The molecule has 1 atom stereocenters. The highest BCUT2D eigenvalue weighted by Crippen LogP contribution is 2.43. The number of hydrogen-bond acceptors (Lipinski definition) is 5. The maximum atomic E-state index is 14.9.